The van der Waals surface area contributed by atoms with Gasteiger partial charge >= 0.3 is 0 Å². The first-order valence-electron chi connectivity index (χ1n) is 5.70. The molecular formula is C11H16N2O5S. The molecule has 1 aromatic rings. The fourth-order valence-electron chi connectivity index (χ4n) is 1.28. The maximum atomic E-state index is 11.7. The summed E-state index contributed by atoms with van der Waals surface area (Å²) < 4.78 is 30.8. The van der Waals surface area contributed by atoms with Gasteiger partial charge in [0, 0.05) is 0 Å². The Balaban J connectivity index is 3.18. The van der Waals surface area contributed by atoms with Crippen molar-refractivity contribution in [1.82, 2.24) is 0 Å². The van der Waals surface area contributed by atoms with Crippen molar-refractivity contribution in [2.75, 3.05) is 11.3 Å². The van der Waals surface area contributed by atoms with E-state index < -0.39 is 20.2 Å². The molecule has 0 radical (unpaired) electrons. The number of ether oxygens (including phenoxy) is 1. The summed E-state index contributed by atoms with van der Waals surface area (Å²) >= 11 is 0. The van der Waals surface area contributed by atoms with Crippen LogP contribution in [0, 0.1) is 10.1 Å². The van der Waals surface area contributed by atoms with Crippen LogP contribution in [0.5, 0.6) is 5.75 Å². The molecule has 1 aromatic carbocycles. The number of nitro groups is 1. The van der Waals surface area contributed by atoms with Gasteiger partial charge in [-0.05, 0) is 32.9 Å². The molecular weight excluding hydrogens is 272 g/mol. The molecule has 0 unspecified atom stereocenters. The van der Waals surface area contributed by atoms with Crippen LogP contribution in [0.25, 0.3) is 0 Å². The lowest BCUT2D eigenvalue weighted by Gasteiger charge is -2.11. The molecule has 7 nitrogen and oxygen atoms in total. The third-order valence-electron chi connectivity index (χ3n) is 2.35. The average Bonchev–Trinajstić information content (AvgIpc) is 2.30. The van der Waals surface area contributed by atoms with E-state index in [1.165, 1.54) is 32.0 Å². The monoisotopic (exact) mass is 288 g/mol. The third kappa shape index (κ3) is 3.82. The van der Waals surface area contributed by atoms with E-state index in [4.69, 9.17) is 4.74 Å². The van der Waals surface area contributed by atoms with Crippen molar-refractivity contribution < 1.29 is 18.1 Å². The van der Waals surface area contributed by atoms with Crippen molar-refractivity contribution in [3.63, 3.8) is 0 Å². The lowest BCUT2D eigenvalue weighted by molar-refractivity contribution is -0.384. The zero-order valence-corrected chi connectivity index (χ0v) is 11.7. The van der Waals surface area contributed by atoms with E-state index in [0.717, 1.165) is 0 Å². The van der Waals surface area contributed by atoms with Gasteiger partial charge in [-0.1, -0.05) is 0 Å². The number of nitrogens with one attached hydrogen (secondary N) is 1. The number of hydrogen-bond donors (Lipinski definition) is 1. The second-order valence-corrected chi connectivity index (χ2v) is 6.30. The van der Waals surface area contributed by atoms with E-state index >= 15 is 0 Å². The molecule has 0 saturated heterocycles. The number of sulfonamides is 1. The molecule has 0 aliphatic rings. The minimum atomic E-state index is -3.63. The van der Waals surface area contributed by atoms with Gasteiger partial charge in [-0.3, -0.25) is 14.8 Å². The molecule has 1 N–H and O–H groups in total. The van der Waals surface area contributed by atoms with Crippen LogP contribution in [0.2, 0.25) is 0 Å². The van der Waals surface area contributed by atoms with Crippen LogP contribution < -0.4 is 9.46 Å². The summed E-state index contributed by atoms with van der Waals surface area (Å²) in [5.74, 6) is 0.321. The van der Waals surface area contributed by atoms with Gasteiger partial charge in [-0.25, -0.2) is 8.42 Å². The van der Waals surface area contributed by atoms with Gasteiger partial charge in [0.15, 0.2) is 0 Å². The fourth-order valence-corrected chi connectivity index (χ4v) is 1.99. The number of hydrogen-bond acceptors (Lipinski definition) is 5. The highest BCUT2D eigenvalue weighted by Crippen LogP contribution is 2.30. The molecule has 0 aromatic heterocycles. The third-order valence-corrected chi connectivity index (χ3v) is 4.10. The molecule has 1 rings (SSSR count). The number of nitro benzene ring substituents is 1. The summed E-state index contributed by atoms with van der Waals surface area (Å²) in [5.41, 5.74) is -0.405. The Hall–Kier alpha value is -1.83. The Bertz CT molecular complexity index is 568. The van der Waals surface area contributed by atoms with Crippen LogP contribution in [-0.2, 0) is 10.0 Å². The minimum absolute atomic E-state index is 0.0675. The van der Waals surface area contributed by atoms with Gasteiger partial charge in [-0.2, -0.15) is 0 Å². The maximum absolute atomic E-state index is 11.7. The molecule has 0 fully saturated rings. The Morgan fingerprint density at radius 3 is 2.53 bits per heavy atom. The van der Waals surface area contributed by atoms with Gasteiger partial charge in [0.25, 0.3) is 5.69 Å². The first kappa shape index (κ1) is 15.2. The predicted molar refractivity (Wildman–Crippen MR) is 71.9 cm³/mol. The van der Waals surface area contributed by atoms with E-state index in [2.05, 4.69) is 4.72 Å². The van der Waals surface area contributed by atoms with Crippen LogP contribution >= 0.6 is 0 Å². The first-order valence-corrected chi connectivity index (χ1v) is 7.25. The predicted octanol–water partition coefficient (Wildman–Crippen LogP) is 2.14. The van der Waals surface area contributed by atoms with Crippen LogP contribution in [0.4, 0.5) is 11.4 Å². The van der Waals surface area contributed by atoms with Crippen molar-refractivity contribution in [1.29, 1.82) is 0 Å². The van der Waals surface area contributed by atoms with Gasteiger partial charge in [0.2, 0.25) is 10.0 Å². The topological polar surface area (TPSA) is 98.5 Å². The smallest absolute Gasteiger partial charge is 0.297 e. The van der Waals surface area contributed by atoms with Crippen molar-refractivity contribution in [3.8, 4) is 5.75 Å². The summed E-state index contributed by atoms with van der Waals surface area (Å²) in [6, 6.07) is 4.00. The highest BCUT2D eigenvalue weighted by Gasteiger charge is 2.22. The van der Waals surface area contributed by atoms with Crippen molar-refractivity contribution in [2.24, 2.45) is 0 Å². The molecule has 0 bridgehead atoms. The van der Waals surface area contributed by atoms with E-state index in [1.54, 1.807) is 6.92 Å². The summed E-state index contributed by atoms with van der Waals surface area (Å²) in [6.07, 6.45) is 0. The molecule has 19 heavy (non-hydrogen) atoms. The van der Waals surface area contributed by atoms with Gasteiger partial charge in [0.1, 0.15) is 11.4 Å². The van der Waals surface area contributed by atoms with E-state index in [-0.39, 0.29) is 11.4 Å². The summed E-state index contributed by atoms with van der Waals surface area (Å²) in [6.45, 7) is 5.10. The van der Waals surface area contributed by atoms with Crippen LogP contribution in [0.3, 0.4) is 0 Å². The zero-order valence-electron chi connectivity index (χ0n) is 10.9. The molecule has 0 spiro atoms. The summed E-state index contributed by atoms with van der Waals surface area (Å²) in [5, 5.41) is 10.3. The molecule has 0 amide bonds. The number of anilines is 1. The lowest BCUT2D eigenvalue weighted by atomic mass is 10.2. The van der Waals surface area contributed by atoms with Crippen LogP contribution in [-0.4, -0.2) is 25.2 Å². The molecule has 0 aliphatic carbocycles. The Morgan fingerprint density at radius 2 is 2.05 bits per heavy atom. The summed E-state index contributed by atoms with van der Waals surface area (Å²) in [4.78, 5) is 10.3. The normalized spacial score (nSPS) is 11.4. The standard InChI is InChI=1S/C11H16N2O5S/c1-4-18-9-5-6-10(11(7-9)13(14)15)12-19(16,17)8(2)3/h5-8,12H,4H2,1-3H3. The Morgan fingerprint density at radius 1 is 1.42 bits per heavy atom. The van der Waals surface area contributed by atoms with E-state index in [0.29, 0.717) is 12.4 Å². The maximum Gasteiger partial charge on any atom is 0.297 e. The largest absolute Gasteiger partial charge is 0.494 e. The fraction of sp³-hybridized carbons (Fsp3) is 0.455. The lowest BCUT2D eigenvalue weighted by Crippen LogP contribution is -2.22. The van der Waals surface area contributed by atoms with E-state index in [1.807, 2.05) is 0 Å². The first-order chi connectivity index (χ1) is 8.77. The number of rotatable bonds is 6. The molecule has 0 aliphatic heterocycles. The van der Waals surface area contributed by atoms with Crippen LogP contribution in [0.15, 0.2) is 18.2 Å². The van der Waals surface area contributed by atoms with Crippen LogP contribution in [0.1, 0.15) is 20.8 Å². The van der Waals surface area contributed by atoms with Crippen molar-refractivity contribution in [3.05, 3.63) is 28.3 Å². The summed E-state index contributed by atoms with van der Waals surface area (Å²) in [7, 11) is -3.63. The second-order valence-electron chi connectivity index (χ2n) is 4.06. The second kappa shape index (κ2) is 5.87. The van der Waals surface area contributed by atoms with Crippen molar-refractivity contribution in [2.45, 2.75) is 26.0 Å². The zero-order chi connectivity index (χ0) is 14.6. The molecule has 0 heterocycles. The Labute approximate surface area is 111 Å². The molecule has 106 valence electrons. The molecule has 0 saturated carbocycles. The SMILES string of the molecule is CCOc1ccc(NS(=O)(=O)C(C)C)c([N+](=O)[O-])c1. The molecule has 0 atom stereocenters. The van der Waals surface area contributed by atoms with Gasteiger partial charge in [0.05, 0.1) is 22.8 Å². The molecule has 8 heteroatoms. The quantitative estimate of drug-likeness (QED) is 0.638. The highest BCUT2D eigenvalue weighted by atomic mass is 32.2. The van der Waals surface area contributed by atoms with Gasteiger partial charge < -0.3 is 4.74 Å². The minimum Gasteiger partial charge on any atom is -0.494 e. The van der Waals surface area contributed by atoms with Gasteiger partial charge in [-0.15, -0.1) is 0 Å². The average molecular weight is 288 g/mol. The van der Waals surface area contributed by atoms with E-state index in [9.17, 15) is 18.5 Å². The Kier molecular flexibility index (Phi) is 4.71. The number of benzene rings is 1. The highest BCUT2D eigenvalue weighted by molar-refractivity contribution is 7.93. The number of nitrogens with zero attached hydrogens (tertiary/aromatic N) is 1. The van der Waals surface area contributed by atoms with Crippen molar-refractivity contribution >= 4 is 21.4 Å².